The van der Waals surface area contributed by atoms with Crippen molar-refractivity contribution in [3.8, 4) is 0 Å². The molecule has 0 saturated heterocycles. The number of dihydropyridines is 1. The largest absolute Gasteiger partial charge is 0.481 e. The Kier molecular flexibility index (Phi) is 4.50. The van der Waals surface area contributed by atoms with Gasteiger partial charge in [-0.25, -0.2) is 0 Å². The van der Waals surface area contributed by atoms with Gasteiger partial charge in [0.1, 0.15) is 0 Å². The summed E-state index contributed by atoms with van der Waals surface area (Å²) < 4.78 is 0. The molecule has 124 valence electrons. The lowest BCUT2D eigenvalue weighted by atomic mass is 9.77. The van der Waals surface area contributed by atoms with Crippen LogP contribution in [0, 0.1) is 0 Å². The lowest BCUT2D eigenvalue weighted by Gasteiger charge is -2.42. The Hall–Kier alpha value is -2.11. The molecule has 0 aromatic carbocycles. The van der Waals surface area contributed by atoms with E-state index in [1.54, 1.807) is 5.57 Å². The van der Waals surface area contributed by atoms with Gasteiger partial charge in [-0.1, -0.05) is 6.42 Å². The molecule has 0 spiro atoms. The van der Waals surface area contributed by atoms with Gasteiger partial charge in [-0.05, 0) is 44.1 Å². The molecule has 1 unspecified atom stereocenters. The van der Waals surface area contributed by atoms with Crippen molar-refractivity contribution >= 4 is 17.7 Å². The van der Waals surface area contributed by atoms with Gasteiger partial charge < -0.3 is 15.5 Å². The molecule has 4 aliphatic rings. The zero-order valence-corrected chi connectivity index (χ0v) is 13.1. The van der Waals surface area contributed by atoms with E-state index in [0.717, 1.165) is 0 Å². The summed E-state index contributed by atoms with van der Waals surface area (Å²) in [7, 11) is 0. The first kappa shape index (κ1) is 15.8. The zero-order valence-electron chi connectivity index (χ0n) is 13.1. The van der Waals surface area contributed by atoms with Crippen LogP contribution in [-0.2, 0) is 9.59 Å². The molecule has 0 amide bonds. The maximum absolute atomic E-state index is 9.64. The smallest absolute Gasteiger partial charge is 0.303 e. The number of fused-ring (bicyclic) bond motifs is 1. The predicted molar refractivity (Wildman–Crippen MR) is 85.2 cm³/mol. The predicted octanol–water partition coefficient (Wildman–Crippen LogP) is 2.61. The topological polar surface area (TPSA) is 99.0 Å². The van der Waals surface area contributed by atoms with E-state index in [1.807, 2.05) is 0 Å². The standard InChI is InChI=1S/C13H16N2.C4H6O4/c1-2-5-9-8(4-1)13-12-10(14-9)6-3-7-11(12)15-13;5-3(6)1-2-4(7)8/h9,15H,1-7H2;1-2H2,(H,5,6)(H,7,8). The van der Waals surface area contributed by atoms with Crippen molar-refractivity contribution in [1.82, 2.24) is 5.32 Å². The number of carboxylic acid groups (broad SMARTS) is 2. The monoisotopic (exact) mass is 318 g/mol. The van der Waals surface area contributed by atoms with E-state index in [0.29, 0.717) is 6.04 Å². The highest BCUT2D eigenvalue weighted by molar-refractivity contribution is 6.08. The van der Waals surface area contributed by atoms with Gasteiger partial charge in [0.25, 0.3) is 0 Å². The summed E-state index contributed by atoms with van der Waals surface area (Å²) in [4.78, 5) is 24.2. The molecule has 0 aromatic rings. The molecular formula is C17H22N2O4. The molecule has 0 bridgehead atoms. The average Bonchev–Trinajstić information content (AvgIpc) is 2.50. The first-order valence-electron chi connectivity index (χ1n) is 8.30. The van der Waals surface area contributed by atoms with E-state index >= 15 is 0 Å². The van der Waals surface area contributed by atoms with E-state index in [2.05, 4.69) is 5.32 Å². The second-order valence-corrected chi connectivity index (χ2v) is 6.36. The first-order chi connectivity index (χ1) is 11.1. The number of carboxylic acids is 2. The van der Waals surface area contributed by atoms with E-state index in [4.69, 9.17) is 15.2 Å². The van der Waals surface area contributed by atoms with Gasteiger partial charge in [-0.15, -0.1) is 0 Å². The minimum absolute atomic E-state index is 0.296. The van der Waals surface area contributed by atoms with Crippen molar-refractivity contribution in [2.24, 2.45) is 4.99 Å². The fraction of sp³-hybridized carbons (Fsp3) is 0.588. The molecule has 2 aliphatic carbocycles. The Morgan fingerprint density at radius 1 is 1.04 bits per heavy atom. The van der Waals surface area contributed by atoms with Crippen LogP contribution < -0.4 is 5.32 Å². The second-order valence-electron chi connectivity index (χ2n) is 6.36. The van der Waals surface area contributed by atoms with E-state index in [-0.39, 0.29) is 12.8 Å². The van der Waals surface area contributed by atoms with Crippen LogP contribution in [0.5, 0.6) is 0 Å². The molecule has 0 radical (unpaired) electrons. The van der Waals surface area contributed by atoms with Gasteiger partial charge >= 0.3 is 11.9 Å². The number of nitrogens with zero attached hydrogens (tertiary/aromatic N) is 1. The van der Waals surface area contributed by atoms with Crippen molar-refractivity contribution in [2.45, 2.75) is 63.8 Å². The minimum atomic E-state index is -1.08. The number of rotatable bonds is 3. The molecule has 2 aliphatic heterocycles. The van der Waals surface area contributed by atoms with Crippen LogP contribution in [0.2, 0.25) is 0 Å². The zero-order chi connectivity index (χ0) is 16.4. The van der Waals surface area contributed by atoms with Crippen LogP contribution in [0.25, 0.3) is 0 Å². The Balaban J connectivity index is 0.000000170. The van der Waals surface area contributed by atoms with Gasteiger partial charge in [-0.2, -0.15) is 0 Å². The summed E-state index contributed by atoms with van der Waals surface area (Å²) in [6.07, 6.45) is 8.45. The van der Waals surface area contributed by atoms with Gasteiger partial charge in [0.05, 0.1) is 24.6 Å². The normalized spacial score (nSPS) is 24.2. The quantitative estimate of drug-likeness (QED) is 0.743. The molecule has 1 saturated carbocycles. The third-order valence-corrected chi connectivity index (χ3v) is 4.72. The summed E-state index contributed by atoms with van der Waals surface area (Å²) in [6, 6.07) is 0.541. The highest BCUT2D eigenvalue weighted by Gasteiger charge is 2.38. The molecule has 6 heteroatoms. The summed E-state index contributed by atoms with van der Waals surface area (Å²) in [6.45, 7) is 0. The van der Waals surface area contributed by atoms with Crippen molar-refractivity contribution in [1.29, 1.82) is 0 Å². The Morgan fingerprint density at radius 3 is 2.48 bits per heavy atom. The van der Waals surface area contributed by atoms with Gasteiger partial charge in [0.2, 0.25) is 0 Å². The van der Waals surface area contributed by atoms with Crippen molar-refractivity contribution in [3.63, 3.8) is 0 Å². The molecule has 0 aromatic heterocycles. The van der Waals surface area contributed by atoms with Crippen molar-refractivity contribution in [3.05, 3.63) is 22.5 Å². The Labute approximate surface area is 135 Å². The molecule has 2 heterocycles. The summed E-state index contributed by atoms with van der Waals surface area (Å²) in [5.41, 5.74) is 7.52. The van der Waals surface area contributed by atoms with E-state index < -0.39 is 11.9 Å². The van der Waals surface area contributed by atoms with Crippen LogP contribution in [-0.4, -0.2) is 33.9 Å². The molecule has 6 nitrogen and oxygen atoms in total. The maximum atomic E-state index is 9.64. The van der Waals surface area contributed by atoms with Gasteiger partial charge in [0, 0.05) is 17.0 Å². The van der Waals surface area contributed by atoms with Crippen LogP contribution in [0.15, 0.2) is 27.5 Å². The fourth-order valence-corrected chi connectivity index (χ4v) is 3.63. The fourth-order valence-electron chi connectivity index (χ4n) is 3.63. The Morgan fingerprint density at radius 2 is 1.78 bits per heavy atom. The van der Waals surface area contributed by atoms with Crippen LogP contribution >= 0.6 is 0 Å². The molecular weight excluding hydrogens is 296 g/mol. The van der Waals surface area contributed by atoms with E-state index in [9.17, 15) is 9.59 Å². The summed E-state index contributed by atoms with van der Waals surface area (Å²) in [5, 5.41) is 19.4. The first-order valence-corrected chi connectivity index (χ1v) is 8.30. The SMILES string of the molecule is C1CC2=NC3CCCCC3=C3NC(=C23)C1.O=C(O)CCC(=O)O. The minimum Gasteiger partial charge on any atom is -0.481 e. The number of allylic oxidation sites excluding steroid dienone is 2. The maximum Gasteiger partial charge on any atom is 0.303 e. The summed E-state index contributed by atoms with van der Waals surface area (Å²) >= 11 is 0. The number of aliphatic carboxylic acids is 2. The number of hydrogen-bond donors (Lipinski definition) is 3. The molecule has 1 fully saturated rings. The van der Waals surface area contributed by atoms with E-state index in [1.165, 1.54) is 67.6 Å². The van der Waals surface area contributed by atoms with Crippen molar-refractivity contribution < 1.29 is 19.8 Å². The highest BCUT2D eigenvalue weighted by atomic mass is 16.4. The highest BCUT2D eigenvalue weighted by Crippen LogP contribution is 2.43. The lowest BCUT2D eigenvalue weighted by Crippen LogP contribution is -2.41. The van der Waals surface area contributed by atoms with Crippen LogP contribution in [0.3, 0.4) is 0 Å². The molecule has 3 N–H and O–H groups in total. The van der Waals surface area contributed by atoms with Crippen LogP contribution in [0.1, 0.15) is 57.8 Å². The summed E-state index contributed by atoms with van der Waals surface area (Å²) in [5.74, 6) is -2.15. The van der Waals surface area contributed by atoms with Gasteiger partial charge in [0.15, 0.2) is 0 Å². The molecule has 1 atom stereocenters. The molecule has 23 heavy (non-hydrogen) atoms. The third-order valence-electron chi connectivity index (χ3n) is 4.72. The Bertz CT molecular complexity index is 617. The average molecular weight is 318 g/mol. The van der Waals surface area contributed by atoms with Crippen molar-refractivity contribution in [2.75, 3.05) is 0 Å². The number of aliphatic imine (C=N–C) groups is 1. The number of carbonyl (C=O) groups is 2. The third kappa shape index (κ3) is 3.30. The number of hydrogen-bond acceptors (Lipinski definition) is 4. The van der Waals surface area contributed by atoms with Crippen LogP contribution in [0.4, 0.5) is 0 Å². The molecule has 4 rings (SSSR count). The second kappa shape index (κ2) is 6.56. The van der Waals surface area contributed by atoms with Gasteiger partial charge in [-0.3, -0.25) is 14.6 Å². The number of nitrogens with one attached hydrogen (secondary N) is 1. The lowest BCUT2D eigenvalue weighted by molar-refractivity contribution is -0.143.